The first kappa shape index (κ1) is 24.6. The second-order valence-electron chi connectivity index (χ2n) is 10.4. The van der Waals surface area contributed by atoms with E-state index < -0.39 is 0 Å². The van der Waals surface area contributed by atoms with Gasteiger partial charge in [0.05, 0.1) is 24.3 Å². The Kier molecular flexibility index (Phi) is 7.19. The molecule has 0 saturated carbocycles. The number of fused-ring (bicyclic) bond motifs is 1. The van der Waals surface area contributed by atoms with Crippen molar-refractivity contribution >= 4 is 11.6 Å². The van der Waals surface area contributed by atoms with Crippen LogP contribution in [0, 0.1) is 0 Å². The van der Waals surface area contributed by atoms with Crippen LogP contribution in [0.4, 0.5) is 5.69 Å². The second-order valence-corrected chi connectivity index (χ2v) is 10.4. The van der Waals surface area contributed by atoms with Gasteiger partial charge in [-0.2, -0.15) is 0 Å². The first-order valence-corrected chi connectivity index (χ1v) is 12.8. The lowest BCUT2D eigenvalue weighted by Gasteiger charge is -2.39. The number of piperazine rings is 1. The standard InChI is InChI=1S/C30H36N4O2/c1-22-18-33(25(17-32-22)20-36-3)19-29(35)34-21-30(2,28-11-7-8-14-31-28)26-13-12-24(16-27(26)34)15-23-9-5-4-6-10-23/h4-14,16,22,25,32H,15,17-21H2,1-3H3/t22-,25-,30?/m1/s1. The minimum absolute atomic E-state index is 0.128. The Balaban J connectivity index is 1.47. The van der Waals surface area contributed by atoms with Crippen molar-refractivity contribution in [2.24, 2.45) is 0 Å². The van der Waals surface area contributed by atoms with Crippen molar-refractivity contribution in [2.45, 2.75) is 37.8 Å². The second kappa shape index (κ2) is 10.5. The van der Waals surface area contributed by atoms with Crippen molar-refractivity contribution in [1.29, 1.82) is 0 Å². The summed E-state index contributed by atoms with van der Waals surface area (Å²) < 4.78 is 5.46. The van der Waals surface area contributed by atoms with Crippen molar-refractivity contribution in [3.63, 3.8) is 0 Å². The van der Waals surface area contributed by atoms with E-state index in [9.17, 15) is 4.79 Å². The molecule has 5 rings (SSSR count). The number of nitrogens with zero attached hydrogens (tertiary/aromatic N) is 3. The Morgan fingerprint density at radius 3 is 2.67 bits per heavy atom. The van der Waals surface area contributed by atoms with Gasteiger partial charge in [-0.15, -0.1) is 0 Å². The number of rotatable bonds is 7. The zero-order valence-corrected chi connectivity index (χ0v) is 21.5. The van der Waals surface area contributed by atoms with E-state index in [1.165, 1.54) is 11.1 Å². The van der Waals surface area contributed by atoms with Crippen LogP contribution in [0.15, 0.2) is 72.9 Å². The number of carbonyl (C=O) groups excluding carboxylic acids is 1. The van der Waals surface area contributed by atoms with Crippen LogP contribution in [0.25, 0.3) is 0 Å². The molecule has 0 spiro atoms. The van der Waals surface area contributed by atoms with Crippen LogP contribution in [-0.2, 0) is 21.4 Å². The molecule has 3 heterocycles. The smallest absolute Gasteiger partial charge is 0.241 e. The highest BCUT2D eigenvalue weighted by molar-refractivity contribution is 5.98. The molecule has 1 N–H and O–H groups in total. The summed E-state index contributed by atoms with van der Waals surface area (Å²) in [7, 11) is 1.72. The number of ether oxygens (including phenoxy) is 1. The number of benzene rings is 2. The fraction of sp³-hybridized carbons (Fsp3) is 0.400. The van der Waals surface area contributed by atoms with Crippen LogP contribution in [0.3, 0.4) is 0 Å². The number of aromatic nitrogens is 1. The third-order valence-corrected chi connectivity index (χ3v) is 7.63. The van der Waals surface area contributed by atoms with E-state index in [0.717, 1.165) is 36.5 Å². The van der Waals surface area contributed by atoms with Crippen molar-refractivity contribution in [2.75, 3.05) is 44.8 Å². The van der Waals surface area contributed by atoms with E-state index in [-0.39, 0.29) is 17.4 Å². The number of hydrogen-bond donors (Lipinski definition) is 1. The summed E-state index contributed by atoms with van der Waals surface area (Å²) in [4.78, 5) is 22.9. The maximum atomic E-state index is 13.9. The number of amides is 1. The van der Waals surface area contributed by atoms with E-state index in [1.54, 1.807) is 7.11 Å². The minimum Gasteiger partial charge on any atom is -0.383 e. The molecule has 1 unspecified atom stereocenters. The van der Waals surface area contributed by atoms with E-state index >= 15 is 0 Å². The summed E-state index contributed by atoms with van der Waals surface area (Å²) in [5.74, 6) is 0.128. The highest BCUT2D eigenvalue weighted by Gasteiger charge is 2.44. The molecule has 0 radical (unpaired) electrons. The molecule has 1 saturated heterocycles. The predicted molar refractivity (Wildman–Crippen MR) is 143 cm³/mol. The summed E-state index contributed by atoms with van der Waals surface area (Å²) in [6, 6.07) is 23.7. The third-order valence-electron chi connectivity index (χ3n) is 7.63. The molecule has 0 bridgehead atoms. The number of pyridine rings is 1. The molecule has 1 fully saturated rings. The van der Waals surface area contributed by atoms with Crippen LogP contribution in [0.2, 0.25) is 0 Å². The van der Waals surface area contributed by atoms with Gasteiger partial charge in [0.2, 0.25) is 5.91 Å². The van der Waals surface area contributed by atoms with Gasteiger partial charge in [-0.1, -0.05) is 48.5 Å². The minimum atomic E-state index is -0.361. The monoisotopic (exact) mass is 484 g/mol. The summed E-state index contributed by atoms with van der Waals surface area (Å²) in [5, 5.41) is 3.52. The fourth-order valence-corrected chi connectivity index (χ4v) is 5.67. The molecule has 1 aromatic heterocycles. The molecular formula is C30H36N4O2. The van der Waals surface area contributed by atoms with E-state index in [4.69, 9.17) is 9.72 Å². The quantitative estimate of drug-likeness (QED) is 0.555. The van der Waals surface area contributed by atoms with Gasteiger partial charge in [0.15, 0.2) is 0 Å². The molecule has 1 amide bonds. The largest absolute Gasteiger partial charge is 0.383 e. The average molecular weight is 485 g/mol. The summed E-state index contributed by atoms with van der Waals surface area (Å²) in [6.45, 7) is 7.59. The lowest BCUT2D eigenvalue weighted by atomic mass is 9.80. The summed E-state index contributed by atoms with van der Waals surface area (Å²) in [5.41, 5.74) is 5.27. The van der Waals surface area contributed by atoms with Gasteiger partial charge >= 0.3 is 0 Å². The first-order chi connectivity index (χ1) is 17.5. The Morgan fingerprint density at radius 2 is 1.92 bits per heavy atom. The topological polar surface area (TPSA) is 57.7 Å². The molecule has 6 heteroatoms. The van der Waals surface area contributed by atoms with Gasteiger partial charge in [0.1, 0.15) is 0 Å². The molecule has 188 valence electrons. The van der Waals surface area contributed by atoms with E-state index in [1.807, 2.05) is 29.3 Å². The highest BCUT2D eigenvalue weighted by Crippen LogP contribution is 2.45. The number of anilines is 1. The number of nitrogens with one attached hydrogen (secondary N) is 1. The van der Waals surface area contributed by atoms with Crippen LogP contribution in [-0.4, -0.2) is 67.8 Å². The van der Waals surface area contributed by atoms with Gasteiger partial charge in [-0.3, -0.25) is 14.7 Å². The van der Waals surface area contributed by atoms with Crippen molar-refractivity contribution in [3.05, 3.63) is 95.3 Å². The van der Waals surface area contributed by atoms with Crippen molar-refractivity contribution in [3.8, 4) is 0 Å². The number of carbonyl (C=O) groups is 1. The molecule has 0 aliphatic carbocycles. The zero-order chi connectivity index (χ0) is 25.1. The van der Waals surface area contributed by atoms with Gasteiger partial charge in [-0.25, -0.2) is 0 Å². The third kappa shape index (κ3) is 4.94. The number of methoxy groups -OCH3 is 1. The van der Waals surface area contributed by atoms with Crippen LogP contribution in [0.5, 0.6) is 0 Å². The van der Waals surface area contributed by atoms with Crippen LogP contribution < -0.4 is 10.2 Å². The molecule has 2 aromatic carbocycles. The van der Waals surface area contributed by atoms with Crippen molar-refractivity contribution < 1.29 is 9.53 Å². The first-order valence-electron chi connectivity index (χ1n) is 12.8. The Morgan fingerprint density at radius 1 is 1.11 bits per heavy atom. The summed E-state index contributed by atoms with van der Waals surface area (Å²) >= 11 is 0. The highest BCUT2D eigenvalue weighted by atomic mass is 16.5. The number of hydrogen-bond acceptors (Lipinski definition) is 5. The van der Waals surface area contributed by atoms with E-state index in [0.29, 0.717) is 25.7 Å². The van der Waals surface area contributed by atoms with Gasteiger partial charge in [-0.05, 0) is 55.2 Å². The summed E-state index contributed by atoms with van der Waals surface area (Å²) in [6.07, 6.45) is 2.67. The van der Waals surface area contributed by atoms with Crippen LogP contribution >= 0.6 is 0 Å². The molecular weight excluding hydrogens is 448 g/mol. The molecule has 2 aliphatic heterocycles. The normalized spacial score (nSPS) is 24.0. The Hall–Kier alpha value is -3.06. The maximum Gasteiger partial charge on any atom is 0.241 e. The molecule has 3 aromatic rings. The molecule has 3 atom stereocenters. The van der Waals surface area contributed by atoms with Crippen molar-refractivity contribution in [1.82, 2.24) is 15.2 Å². The van der Waals surface area contributed by atoms with E-state index in [2.05, 4.69) is 72.6 Å². The lowest BCUT2D eigenvalue weighted by molar-refractivity contribution is -0.121. The average Bonchev–Trinajstić information content (AvgIpc) is 3.20. The SMILES string of the molecule is COC[C@H]1CN[C@H](C)CN1CC(=O)N1CC(C)(c2ccccn2)c2ccc(Cc3ccccc3)cc21. The van der Waals surface area contributed by atoms with Gasteiger partial charge in [0, 0.05) is 50.7 Å². The molecule has 2 aliphatic rings. The van der Waals surface area contributed by atoms with Gasteiger partial charge < -0.3 is 15.0 Å². The zero-order valence-electron chi connectivity index (χ0n) is 21.5. The lowest BCUT2D eigenvalue weighted by Crippen LogP contribution is -2.59. The predicted octanol–water partition coefficient (Wildman–Crippen LogP) is 3.63. The molecule has 6 nitrogen and oxygen atoms in total. The molecule has 36 heavy (non-hydrogen) atoms. The Bertz CT molecular complexity index is 1190. The fourth-order valence-electron chi connectivity index (χ4n) is 5.67. The maximum absolute atomic E-state index is 13.9. The van der Waals surface area contributed by atoms with Crippen LogP contribution in [0.1, 0.15) is 36.2 Å². The van der Waals surface area contributed by atoms with Gasteiger partial charge in [0.25, 0.3) is 0 Å². The Labute approximate surface area is 214 Å².